The van der Waals surface area contributed by atoms with Crippen molar-refractivity contribution < 1.29 is 4.79 Å². The molecule has 0 saturated carbocycles. The molecule has 0 radical (unpaired) electrons. The number of fused-ring (bicyclic) bond motifs is 1. The molecule has 4 heteroatoms. The van der Waals surface area contributed by atoms with Gasteiger partial charge in [0, 0.05) is 18.8 Å². The summed E-state index contributed by atoms with van der Waals surface area (Å²) in [5.74, 6) is 0.102. The van der Waals surface area contributed by atoms with Crippen LogP contribution in [-0.2, 0) is 17.6 Å². The molecule has 1 amide bonds. The van der Waals surface area contributed by atoms with E-state index in [2.05, 4.69) is 27.7 Å². The third kappa shape index (κ3) is 3.38. The van der Waals surface area contributed by atoms with Gasteiger partial charge in [-0.25, -0.2) is 0 Å². The van der Waals surface area contributed by atoms with Crippen LogP contribution in [0.1, 0.15) is 24.0 Å². The summed E-state index contributed by atoms with van der Waals surface area (Å²) >= 11 is 0. The van der Waals surface area contributed by atoms with Gasteiger partial charge in [-0.05, 0) is 62.0 Å². The van der Waals surface area contributed by atoms with E-state index in [1.165, 1.54) is 24.0 Å². The molecule has 1 aromatic carbocycles. The lowest BCUT2D eigenvalue weighted by Crippen LogP contribution is -2.35. The summed E-state index contributed by atoms with van der Waals surface area (Å²) in [5, 5.41) is 6.39. The Morgan fingerprint density at radius 1 is 1.15 bits per heavy atom. The lowest BCUT2D eigenvalue weighted by atomic mass is 10.1. The molecular weight excluding hydrogens is 250 g/mol. The first-order valence-electron chi connectivity index (χ1n) is 7.66. The molecule has 0 aromatic heterocycles. The van der Waals surface area contributed by atoms with Crippen LogP contribution in [0.15, 0.2) is 18.2 Å². The molecule has 1 saturated heterocycles. The molecule has 0 atom stereocenters. The molecule has 0 bridgehead atoms. The molecular formula is C16H23N3O. The second kappa shape index (κ2) is 6.37. The summed E-state index contributed by atoms with van der Waals surface area (Å²) < 4.78 is 0. The third-order valence-corrected chi connectivity index (χ3v) is 4.18. The number of carbonyl (C=O) groups is 1. The fourth-order valence-electron chi connectivity index (χ4n) is 3.11. The first-order chi connectivity index (χ1) is 9.81. The molecule has 3 rings (SSSR count). The van der Waals surface area contributed by atoms with E-state index in [0.29, 0.717) is 6.54 Å². The SMILES string of the molecule is O=C(CN1CCCNCC1)Nc1ccc2c(c1)CCC2. The predicted octanol–water partition coefficient (Wildman–Crippen LogP) is 1.41. The van der Waals surface area contributed by atoms with Crippen LogP contribution in [0.2, 0.25) is 0 Å². The number of rotatable bonds is 3. The fourth-order valence-corrected chi connectivity index (χ4v) is 3.11. The molecule has 4 nitrogen and oxygen atoms in total. The molecule has 20 heavy (non-hydrogen) atoms. The largest absolute Gasteiger partial charge is 0.325 e. The van der Waals surface area contributed by atoms with Crippen molar-refractivity contribution >= 4 is 11.6 Å². The highest BCUT2D eigenvalue weighted by atomic mass is 16.2. The summed E-state index contributed by atoms with van der Waals surface area (Å²) in [6.45, 7) is 4.50. The highest BCUT2D eigenvalue weighted by Gasteiger charge is 2.14. The van der Waals surface area contributed by atoms with E-state index in [0.717, 1.165) is 44.7 Å². The van der Waals surface area contributed by atoms with Crippen molar-refractivity contribution in [3.8, 4) is 0 Å². The number of hydrogen-bond acceptors (Lipinski definition) is 3. The Kier molecular flexibility index (Phi) is 4.33. The van der Waals surface area contributed by atoms with E-state index in [4.69, 9.17) is 0 Å². The van der Waals surface area contributed by atoms with E-state index in [1.807, 2.05) is 6.07 Å². The number of anilines is 1. The second-order valence-electron chi connectivity index (χ2n) is 5.76. The summed E-state index contributed by atoms with van der Waals surface area (Å²) in [6.07, 6.45) is 4.70. The smallest absolute Gasteiger partial charge is 0.238 e. The Balaban J connectivity index is 1.55. The number of hydrogen-bond donors (Lipinski definition) is 2. The average Bonchev–Trinajstić information content (AvgIpc) is 2.75. The maximum absolute atomic E-state index is 12.1. The van der Waals surface area contributed by atoms with Crippen LogP contribution in [0.5, 0.6) is 0 Å². The van der Waals surface area contributed by atoms with Crippen molar-refractivity contribution in [2.45, 2.75) is 25.7 Å². The number of nitrogens with one attached hydrogen (secondary N) is 2. The average molecular weight is 273 g/mol. The third-order valence-electron chi connectivity index (χ3n) is 4.18. The van der Waals surface area contributed by atoms with E-state index >= 15 is 0 Å². The normalized spacial score (nSPS) is 19.4. The van der Waals surface area contributed by atoms with Crippen molar-refractivity contribution in [2.75, 3.05) is 38.0 Å². The molecule has 1 fully saturated rings. The standard InChI is InChI=1S/C16H23N3O/c20-16(12-19-9-2-7-17-8-10-19)18-15-6-5-13-3-1-4-14(13)11-15/h5-6,11,17H,1-4,7-10,12H2,(H,18,20). The zero-order valence-corrected chi connectivity index (χ0v) is 12.0. The zero-order chi connectivity index (χ0) is 13.8. The summed E-state index contributed by atoms with van der Waals surface area (Å²) in [4.78, 5) is 14.3. The predicted molar refractivity (Wildman–Crippen MR) is 81.0 cm³/mol. The molecule has 0 unspecified atom stereocenters. The lowest BCUT2D eigenvalue weighted by Gasteiger charge is -2.18. The maximum atomic E-state index is 12.1. The summed E-state index contributed by atoms with van der Waals surface area (Å²) in [5.41, 5.74) is 3.80. The van der Waals surface area contributed by atoms with Gasteiger partial charge >= 0.3 is 0 Å². The molecule has 0 spiro atoms. The molecule has 1 aliphatic carbocycles. The van der Waals surface area contributed by atoms with Gasteiger partial charge in [0.15, 0.2) is 0 Å². The van der Waals surface area contributed by atoms with Crippen LogP contribution in [0.25, 0.3) is 0 Å². The fraction of sp³-hybridized carbons (Fsp3) is 0.562. The second-order valence-corrected chi connectivity index (χ2v) is 5.76. The van der Waals surface area contributed by atoms with Crippen LogP contribution >= 0.6 is 0 Å². The van der Waals surface area contributed by atoms with Crippen LogP contribution < -0.4 is 10.6 Å². The number of aryl methyl sites for hydroxylation is 2. The van der Waals surface area contributed by atoms with Gasteiger partial charge in [-0.2, -0.15) is 0 Å². The van der Waals surface area contributed by atoms with Gasteiger partial charge in [0.1, 0.15) is 0 Å². The Morgan fingerprint density at radius 3 is 3.00 bits per heavy atom. The van der Waals surface area contributed by atoms with Crippen molar-refractivity contribution in [3.05, 3.63) is 29.3 Å². The quantitative estimate of drug-likeness (QED) is 0.875. The van der Waals surface area contributed by atoms with E-state index in [1.54, 1.807) is 0 Å². The molecule has 1 heterocycles. The lowest BCUT2D eigenvalue weighted by molar-refractivity contribution is -0.117. The molecule has 2 N–H and O–H groups in total. The monoisotopic (exact) mass is 273 g/mol. The van der Waals surface area contributed by atoms with Gasteiger partial charge in [0.2, 0.25) is 5.91 Å². The van der Waals surface area contributed by atoms with Gasteiger partial charge in [-0.3, -0.25) is 9.69 Å². The molecule has 1 aliphatic heterocycles. The van der Waals surface area contributed by atoms with E-state index in [9.17, 15) is 4.79 Å². The maximum Gasteiger partial charge on any atom is 0.238 e. The number of benzene rings is 1. The first-order valence-corrected chi connectivity index (χ1v) is 7.66. The van der Waals surface area contributed by atoms with Crippen molar-refractivity contribution in [1.29, 1.82) is 0 Å². The molecule has 1 aromatic rings. The Morgan fingerprint density at radius 2 is 2.05 bits per heavy atom. The van der Waals surface area contributed by atoms with Crippen LogP contribution in [0, 0.1) is 0 Å². The van der Waals surface area contributed by atoms with E-state index in [-0.39, 0.29) is 5.91 Å². The number of nitrogens with zero attached hydrogens (tertiary/aromatic N) is 1. The van der Waals surface area contributed by atoms with Crippen molar-refractivity contribution in [2.24, 2.45) is 0 Å². The minimum atomic E-state index is 0.102. The molecule has 2 aliphatic rings. The van der Waals surface area contributed by atoms with Crippen LogP contribution in [0.4, 0.5) is 5.69 Å². The number of amides is 1. The first kappa shape index (κ1) is 13.6. The zero-order valence-electron chi connectivity index (χ0n) is 12.0. The van der Waals surface area contributed by atoms with Gasteiger partial charge in [0.25, 0.3) is 0 Å². The number of carbonyl (C=O) groups excluding carboxylic acids is 1. The van der Waals surface area contributed by atoms with Gasteiger partial charge in [-0.1, -0.05) is 6.07 Å². The minimum Gasteiger partial charge on any atom is -0.325 e. The highest BCUT2D eigenvalue weighted by molar-refractivity contribution is 5.92. The molecule has 108 valence electrons. The highest BCUT2D eigenvalue weighted by Crippen LogP contribution is 2.24. The Labute approximate surface area is 120 Å². The van der Waals surface area contributed by atoms with Gasteiger partial charge in [-0.15, -0.1) is 0 Å². The van der Waals surface area contributed by atoms with Crippen molar-refractivity contribution in [1.82, 2.24) is 10.2 Å². The topological polar surface area (TPSA) is 44.4 Å². The summed E-state index contributed by atoms with van der Waals surface area (Å²) in [6, 6.07) is 6.34. The van der Waals surface area contributed by atoms with Crippen LogP contribution in [-0.4, -0.2) is 43.5 Å². The van der Waals surface area contributed by atoms with Crippen molar-refractivity contribution in [3.63, 3.8) is 0 Å². The minimum absolute atomic E-state index is 0.102. The Bertz CT molecular complexity index is 479. The van der Waals surface area contributed by atoms with Gasteiger partial charge in [0.05, 0.1) is 6.54 Å². The van der Waals surface area contributed by atoms with E-state index < -0.39 is 0 Å². The van der Waals surface area contributed by atoms with Gasteiger partial charge < -0.3 is 10.6 Å². The Hall–Kier alpha value is -1.39. The summed E-state index contributed by atoms with van der Waals surface area (Å²) in [7, 11) is 0. The van der Waals surface area contributed by atoms with Crippen LogP contribution in [0.3, 0.4) is 0 Å².